The lowest BCUT2D eigenvalue weighted by atomic mass is 10.2. The maximum Gasteiger partial charge on any atom is 0.417 e. The molecule has 0 atom stereocenters. The molecule has 0 saturated heterocycles. The first-order valence-electron chi connectivity index (χ1n) is 5.95. The van der Waals surface area contributed by atoms with Crippen LogP contribution in [0, 0.1) is 0 Å². The molecule has 2 aromatic carbocycles. The molecule has 20 heavy (non-hydrogen) atoms. The largest absolute Gasteiger partial charge is 0.417 e. The van der Waals surface area contributed by atoms with Gasteiger partial charge < -0.3 is 10.2 Å². The highest BCUT2D eigenvalue weighted by molar-refractivity contribution is 5.84. The number of nitrogen functional groups attached to an aromatic ring is 1. The number of fused-ring (bicyclic) bond motifs is 2. The lowest BCUT2D eigenvalue weighted by molar-refractivity contribution is 0.555. The fraction of sp³-hybridized carbons (Fsp3) is 0. The van der Waals surface area contributed by atoms with E-state index >= 15 is 0 Å². The Hall–Kier alpha value is -3.09. The number of benzene rings is 2. The van der Waals surface area contributed by atoms with E-state index in [1.807, 2.05) is 24.3 Å². The van der Waals surface area contributed by atoms with E-state index in [9.17, 15) is 4.79 Å². The van der Waals surface area contributed by atoms with Crippen molar-refractivity contribution >= 4 is 27.8 Å². The molecule has 2 aromatic heterocycles. The molecule has 2 heterocycles. The van der Waals surface area contributed by atoms with Gasteiger partial charge in [0.1, 0.15) is 5.52 Å². The predicted molar refractivity (Wildman–Crippen MR) is 73.7 cm³/mol. The molecule has 0 aliphatic rings. The number of nitrogens with two attached hydrogens (primary N) is 1. The third-order valence-corrected chi connectivity index (χ3v) is 3.15. The molecule has 0 fully saturated rings. The summed E-state index contributed by atoms with van der Waals surface area (Å²) in [4.78, 5) is 13.8. The number of anilines is 1. The number of rotatable bonds is 1. The predicted octanol–water partition coefficient (Wildman–Crippen LogP) is 1.44. The molecule has 0 aliphatic heterocycles. The molecular formula is C13H9N5O2. The van der Waals surface area contributed by atoms with Gasteiger partial charge in [-0.3, -0.25) is 4.98 Å². The summed E-state index contributed by atoms with van der Waals surface area (Å²) in [6.07, 6.45) is 0. The van der Waals surface area contributed by atoms with Crippen molar-refractivity contribution in [3.63, 3.8) is 0 Å². The van der Waals surface area contributed by atoms with E-state index in [1.165, 1.54) is 0 Å². The van der Waals surface area contributed by atoms with Crippen molar-refractivity contribution < 1.29 is 4.42 Å². The van der Waals surface area contributed by atoms with Crippen molar-refractivity contribution in [3.05, 3.63) is 46.9 Å². The van der Waals surface area contributed by atoms with Gasteiger partial charge in [0.2, 0.25) is 0 Å². The van der Waals surface area contributed by atoms with E-state index in [1.54, 1.807) is 16.8 Å². The van der Waals surface area contributed by atoms with Gasteiger partial charge in [-0.05, 0) is 18.2 Å². The minimum Gasteiger partial charge on any atom is -0.408 e. The smallest absolute Gasteiger partial charge is 0.408 e. The van der Waals surface area contributed by atoms with E-state index in [0.717, 1.165) is 11.0 Å². The number of nitrogens with one attached hydrogen (secondary N) is 1. The minimum absolute atomic E-state index is 0.417. The molecule has 7 nitrogen and oxygen atoms in total. The summed E-state index contributed by atoms with van der Waals surface area (Å²) >= 11 is 0. The van der Waals surface area contributed by atoms with Crippen LogP contribution in [-0.2, 0) is 0 Å². The number of H-pyrrole nitrogens is 1. The fourth-order valence-corrected chi connectivity index (χ4v) is 2.23. The molecule has 0 saturated carbocycles. The Bertz CT molecular complexity index is 995. The molecule has 0 amide bonds. The van der Waals surface area contributed by atoms with Gasteiger partial charge >= 0.3 is 5.76 Å². The van der Waals surface area contributed by atoms with Crippen LogP contribution in [0.5, 0.6) is 0 Å². The summed E-state index contributed by atoms with van der Waals surface area (Å²) in [7, 11) is 0. The highest BCUT2D eigenvalue weighted by Gasteiger charge is 2.12. The summed E-state index contributed by atoms with van der Waals surface area (Å²) in [5, 5.41) is 8.19. The van der Waals surface area contributed by atoms with Crippen LogP contribution < -0.4 is 11.5 Å². The first-order valence-corrected chi connectivity index (χ1v) is 5.95. The fourth-order valence-electron chi connectivity index (χ4n) is 2.23. The molecule has 0 radical (unpaired) electrons. The second-order valence-electron chi connectivity index (χ2n) is 4.41. The molecule has 98 valence electrons. The molecule has 7 heteroatoms. The second kappa shape index (κ2) is 3.70. The Kier molecular flexibility index (Phi) is 2.00. The first kappa shape index (κ1) is 10.8. The molecule has 0 unspecified atom stereocenters. The van der Waals surface area contributed by atoms with Crippen LogP contribution >= 0.6 is 0 Å². The average Bonchev–Trinajstić information content (AvgIpc) is 3.00. The van der Waals surface area contributed by atoms with Gasteiger partial charge in [-0.15, -0.1) is 5.10 Å². The van der Waals surface area contributed by atoms with E-state index in [0.29, 0.717) is 22.5 Å². The Morgan fingerprint density at radius 3 is 3.00 bits per heavy atom. The highest BCUT2D eigenvalue weighted by atomic mass is 16.4. The quantitative estimate of drug-likeness (QED) is 0.508. The van der Waals surface area contributed by atoms with Gasteiger partial charge in [0, 0.05) is 6.07 Å². The first-order chi connectivity index (χ1) is 9.72. The number of aromatic amines is 1. The van der Waals surface area contributed by atoms with Crippen LogP contribution in [-0.4, -0.2) is 20.0 Å². The topological polar surface area (TPSA) is 103 Å². The summed E-state index contributed by atoms with van der Waals surface area (Å²) in [5.41, 5.74) is 9.70. The number of hydrogen-bond donors (Lipinski definition) is 2. The molecule has 3 N–H and O–H groups in total. The van der Waals surface area contributed by atoms with Crippen LogP contribution in [0.1, 0.15) is 0 Å². The number of nitrogens with zero attached hydrogens (tertiary/aromatic N) is 3. The lowest BCUT2D eigenvalue weighted by Gasteiger charge is -2.05. The van der Waals surface area contributed by atoms with Crippen LogP contribution in [0.3, 0.4) is 0 Å². The van der Waals surface area contributed by atoms with Crippen molar-refractivity contribution in [3.8, 4) is 5.69 Å². The van der Waals surface area contributed by atoms with Gasteiger partial charge in [0.05, 0.1) is 22.4 Å². The van der Waals surface area contributed by atoms with Crippen LogP contribution in [0.15, 0.2) is 45.6 Å². The molecule has 0 spiro atoms. The summed E-state index contributed by atoms with van der Waals surface area (Å²) < 4.78 is 6.61. The Morgan fingerprint density at radius 2 is 2.10 bits per heavy atom. The van der Waals surface area contributed by atoms with Crippen LogP contribution in [0.25, 0.3) is 27.8 Å². The molecular weight excluding hydrogens is 258 g/mol. The maximum atomic E-state index is 11.2. The SMILES string of the molecule is Nc1cc2oc(=O)[nH]c2cc1-n1nnc2ccccc21. The normalized spacial score (nSPS) is 11.4. The molecule has 4 aromatic rings. The third kappa shape index (κ3) is 1.43. The average molecular weight is 267 g/mol. The van der Waals surface area contributed by atoms with Crippen molar-refractivity contribution in [2.24, 2.45) is 0 Å². The molecule has 0 aliphatic carbocycles. The number of oxazole rings is 1. The third-order valence-electron chi connectivity index (χ3n) is 3.15. The Balaban J connectivity index is 2.06. The van der Waals surface area contributed by atoms with E-state index in [-0.39, 0.29) is 0 Å². The standard InChI is InChI=1S/C13H9N5O2/c14-7-5-12-9(15-13(19)20-12)6-11(7)18-10-4-2-1-3-8(10)16-17-18/h1-6H,14H2,(H,15,19). The minimum atomic E-state index is -0.514. The van der Waals surface area contributed by atoms with Gasteiger partial charge in [0.25, 0.3) is 0 Å². The summed E-state index contributed by atoms with van der Waals surface area (Å²) in [6, 6.07) is 10.9. The van der Waals surface area contributed by atoms with Crippen LogP contribution in [0.4, 0.5) is 5.69 Å². The zero-order chi connectivity index (χ0) is 13.7. The molecule has 4 rings (SSSR count). The zero-order valence-electron chi connectivity index (χ0n) is 10.2. The van der Waals surface area contributed by atoms with Crippen molar-refractivity contribution in [2.45, 2.75) is 0 Å². The summed E-state index contributed by atoms with van der Waals surface area (Å²) in [5.74, 6) is -0.514. The number of hydrogen-bond acceptors (Lipinski definition) is 5. The van der Waals surface area contributed by atoms with E-state index in [4.69, 9.17) is 10.2 Å². The van der Waals surface area contributed by atoms with Crippen LogP contribution in [0.2, 0.25) is 0 Å². The van der Waals surface area contributed by atoms with Crippen molar-refractivity contribution in [1.29, 1.82) is 0 Å². The Labute approximate surface area is 111 Å². The monoisotopic (exact) mass is 267 g/mol. The van der Waals surface area contributed by atoms with E-state index in [2.05, 4.69) is 15.3 Å². The highest BCUT2D eigenvalue weighted by Crippen LogP contribution is 2.25. The lowest BCUT2D eigenvalue weighted by Crippen LogP contribution is -2.01. The zero-order valence-corrected chi connectivity index (χ0v) is 10.2. The van der Waals surface area contributed by atoms with Gasteiger partial charge in [-0.25, -0.2) is 9.48 Å². The number of aromatic nitrogens is 4. The number of para-hydroxylation sites is 1. The second-order valence-corrected chi connectivity index (χ2v) is 4.41. The van der Waals surface area contributed by atoms with Gasteiger partial charge in [0.15, 0.2) is 5.58 Å². The van der Waals surface area contributed by atoms with Crippen molar-refractivity contribution in [2.75, 3.05) is 5.73 Å². The van der Waals surface area contributed by atoms with Gasteiger partial charge in [-0.1, -0.05) is 17.3 Å². The van der Waals surface area contributed by atoms with Crippen molar-refractivity contribution in [1.82, 2.24) is 20.0 Å². The van der Waals surface area contributed by atoms with E-state index < -0.39 is 5.76 Å². The summed E-state index contributed by atoms with van der Waals surface area (Å²) in [6.45, 7) is 0. The Morgan fingerprint density at radius 1 is 1.25 bits per heavy atom. The maximum absolute atomic E-state index is 11.2. The molecule has 0 bridgehead atoms. The van der Waals surface area contributed by atoms with Gasteiger partial charge in [-0.2, -0.15) is 0 Å².